The number of unbranched alkanes of at least 4 members (excludes halogenated alkanes) is 1. The highest BCUT2D eigenvalue weighted by atomic mass is 16.3. The predicted octanol–water partition coefficient (Wildman–Crippen LogP) is 6.49. The highest BCUT2D eigenvalue weighted by molar-refractivity contribution is 5.37. The predicted molar refractivity (Wildman–Crippen MR) is 118 cm³/mol. The molecule has 0 saturated heterocycles. The van der Waals surface area contributed by atoms with E-state index in [-0.39, 0.29) is 6.10 Å². The van der Waals surface area contributed by atoms with Gasteiger partial charge in [-0.15, -0.1) is 0 Å². The maximum absolute atomic E-state index is 10.1. The summed E-state index contributed by atoms with van der Waals surface area (Å²) in [6, 6.07) is 0. The van der Waals surface area contributed by atoms with Crippen LogP contribution in [0.4, 0.5) is 0 Å². The van der Waals surface area contributed by atoms with Crippen molar-refractivity contribution >= 4 is 0 Å². The van der Waals surface area contributed by atoms with E-state index in [4.69, 9.17) is 0 Å². The molecule has 0 aromatic carbocycles. The number of hydrogen-bond donors (Lipinski definition) is 2. The van der Waals surface area contributed by atoms with E-state index in [0.29, 0.717) is 5.41 Å². The van der Waals surface area contributed by atoms with Gasteiger partial charge in [0, 0.05) is 0 Å². The summed E-state index contributed by atoms with van der Waals surface area (Å²) in [7, 11) is 0. The third kappa shape index (κ3) is 5.00. The first-order valence-electron chi connectivity index (χ1n) is 11.7. The Labute approximate surface area is 172 Å². The van der Waals surface area contributed by atoms with Gasteiger partial charge in [-0.05, 0) is 106 Å². The first-order valence-corrected chi connectivity index (χ1v) is 11.7. The molecule has 0 radical (unpaired) electrons. The van der Waals surface area contributed by atoms with E-state index in [2.05, 4.69) is 25.7 Å². The maximum Gasteiger partial charge on any atom is 0.0787 e. The SMILES string of the molecule is C=C1/C(=C\C=C2/CCCC3(C)C(CCCCC(C)(C)O)CCC23)CCCC1O. The van der Waals surface area contributed by atoms with Gasteiger partial charge in [0.2, 0.25) is 0 Å². The fourth-order valence-corrected chi connectivity index (χ4v) is 6.20. The van der Waals surface area contributed by atoms with Crippen molar-refractivity contribution in [2.24, 2.45) is 17.3 Å². The number of aliphatic hydroxyl groups is 2. The van der Waals surface area contributed by atoms with E-state index in [0.717, 1.165) is 49.5 Å². The molecule has 2 heteroatoms. The molecule has 3 rings (SSSR count). The van der Waals surface area contributed by atoms with Gasteiger partial charge < -0.3 is 10.2 Å². The van der Waals surface area contributed by atoms with Crippen LogP contribution in [0.1, 0.15) is 97.8 Å². The second-order valence-electron chi connectivity index (χ2n) is 10.6. The van der Waals surface area contributed by atoms with E-state index in [1.165, 1.54) is 50.5 Å². The molecule has 3 aliphatic carbocycles. The summed E-state index contributed by atoms with van der Waals surface area (Å²) in [5.74, 6) is 1.57. The van der Waals surface area contributed by atoms with Crippen molar-refractivity contribution < 1.29 is 10.2 Å². The summed E-state index contributed by atoms with van der Waals surface area (Å²) < 4.78 is 0. The van der Waals surface area contributed by atoms with Gasteiger partial charge in [-0.1, -0.05) is 44.1 Å². The molecule has 4 atom stereocenters. The van der Waals surface area contributed by atoms with E-state index < -0.39 is 5.60 Å². The van der Waals surface area contributed by atoms with Gasteiger partial charge in [0.05, 0.1) is 11.7 Å². The summed E-state index contributed by atoms with van der Waals surface area (Å²) in [5.41, 5.74) is 3.79. The molecule has 0 aromatic heterocycles. The zero-order valence-electron chi connectivity index (χ0n) is 18.5. The normalized spacial score (nSPS) is 36.9. The molecule has 0 aromatic rings. The highest BCUT2D eigenvalue weighted by Gasteiger charge is 2.48. The molecule has 3 fully saturated rings. The van der Waals surface area contributed by atoms with Crippen molar-refractivity contribution in [3.8, 4) is 0 Å². The molecule has 0 heterocycles. The molecule has 3 aliphatic rings. The zero-order chi connectivity index (χ0) is 20.4. The minimum Gasteiger partial charge on any atom is -0.390 e. The summed E-state index contributed by atoms with van der Waals surface area (Å²) in [4.78, 5) is 0. The van der Waals surface area contributed by atoms with Gasteiger partial charge in [-0.25, -0.2) is 0 Å². The van der Waals surface area contributed by atoms with Crippen molar-refractivity contribution in [3.05, 3.63) is 35.5 Å². The standard InChI is InChI=1S/C26H42O2/c1-19-20(9-7-12-24(19)27)13-14-21-10-8-18-26(4)22(15-16-23(21)26)11-5-6-17-25(2,3)28/h13-14,22-24,27-28H,1,5-12,15-18H2,2-4H3/b20-13-,21-14+. The second-order valence-corrected chi connectivity index (χ2v) is 10.6. The lowest BCUT2D eigenvalue weighted by Crippen LogP contribution is -2.33. The van der Waals surface area contributed by atoms with Gasteiger partial charge in [0.25, 0.3) is 0 Å². The Balaban J connectivity index is 1.63. The van der Waals surface area contributed by atoms with Crippen LogP contribution in [-0.4, -0.2) is 21.9 Å². The summed E-state index contributed by atoms with van der Waals surface area (Å²) >= 11 is 0. The molecule has 2 N–H and O–H groups in total. The van der Waals surface area contributed by atoms with Crippen molar-refractivity contribution in [2.45, 2.75) is 110 Å². The molecule has 2 nitrogen and oxygen atoms in total. The Morgan fingerprint density at radius 2 is 1.89 bits per heavy atom. The number of fused-ring (bicyclic) bond motifs is 1. The van der Waals surface area contributed by atoms with Gasteiger partial charge >= 0.3 is 0 Å². The third-order valence-electron chi connectivity index (χ3n) is 7.99. The average Bonchev–Trinajstić information content (AvgIpc) is 2.96. The maximum atomic E-state index is 10.1. The summed E-state index contributed by atoms with van der Waals surface area (Å²) in [6.07, 6.45) is 18.6. The molecule has 0 aliphatic heterocycles. The number of rotatable bonds is 6. The van der Waals surface area contributed by atoms with Gasteiger partial charge in [0.15, 0.2) is 0 Å². The lowest BCUT2D eigenvalue weighted by atomic mass is 9.62. The summed E-state index contributed by atoms with van der Waals surface area (Å²) in [6.45, 7) is 10.5. The van der Waals surface area contributed by atoms with Gasteiger partial charge in [0.1, 0.15) is 0 Å². The van der Waals surface area contributed by atoms with Crippen LogP contribution in [0, 0.1) is 17.3 Å². The Kier molecular flexibility index (Phi) is 6.92. The number of allylic oxidation sites excluding steroid dienone is 3. The van der Waals surface area contributed by atoms with Crippen LogP contribution in [-0.2, 0) is 0 Å². The van der Waals surface area contributed by atoms with Crippen LogP contribution in [0.15, 0.2) is 35.5 Å². The minimum atomic E-state index is -0.521. The Morgan fingerprint density at radius 3 is 2.64 bits per heavy atom. The largest absolute Gasteiger partial charge is 0.390 e. The molecule has 4 unspecified atom stereocenters. The minimum absolute atomic E-state index is 0.338. The van der Waals surface area contributed by atoms with Crippen LogP contribution in [0.2, 0.25) is 0 Å². The van der Waals surface area contributed by atoms with E-state index in [1.807, 2.05) is 13.8 Å². The van der Waals surface area contributed by atoms with Crippen molar-refractivity contribution in [3.63, 3.8) is 0 Å². The van der Waals surface area contributed by atoms with Crippen LogP contribution >= 0.6 is 0 Å². The topological polar surface area (TPSA) is 40.5 Å². The van der Waals surface area contributed by atoms with Crippen molar-refractivity contribution in [1.82, 2.24) is 0 Å². The molecular weight excluding hydrogens is 344 g/mol. The number of hydrogen-bond acceptors (Lipinski definition) is 2. The van der Waals surface area contributed by atoms with Crippen molar-refractivity contribution in [2.75, 3.05) is 0 Å². The fourth-order valence-electron chi connectivity index (χ4n) is 6.20. The lowest BCUT2D eigenvalue weighted by Gasteiger charge is -2.42. The first-order chi connectivity index (χ1) is 13.2. The quantitative estimate of drug-likeness (QED) is 0.512. The molecule has 28 heavy (non-hydrogen) atoms. The van der Waals surface area contributed by atoms with Crippen molar-refractivity contribution in [1.29, 1.82) is 0 Å². The smallest absolute Gasteiger partial charge is 0.0787 e. The molecular formula is C26H42O2. The second kappa shape index (κ2) is 8.88. The molecule has 3 saturated carbocycles. The first kappa shape index (κ1) is 21.8. The van der Waals surface area contributed by atoms with Crippen LogP contribution < -0.4 is 0 Å². The molecule has 0 spiro atoms. The van der Waals surface area contributed by atoms with Gasteiger partial charge in [-0.3, -0.25) is 0 Å². The van der Waals surface area contributed by atoms with Crippen LogP contribution in [0.25, 0.3) is 0 Å². The van der Waals surface area contributed by atoms with E-state index >= 15 is 0 Å². The van der Waals surface area contributed by atoms with Gasteiger partial charge in [-0.2, -0.15) is 0 Å². The zero-order valence-corrected chi connectivity index (χ0v) is 18.5. The monoisotopic (exact) mass is 386 g/mol. The lowest BCUT2D eigenvalue weighted by molar-refractivity contribution is 0.0660. The van der Waals surface area contributed by atoms with Crippen LogP contribution in [0.3, 0.4) is 0 Å². The highest BCUT2D eigenvalue weighted by Crippen LogP contribution is 2.58. The summed E-state index contributed by atoms with van der Waals surface area (Å²) in [5, 5.41) is 20.0. The fraction of sp³-hybridized carbons (Fsp3) is 0.769. The Morgan fingerprint density at radius 1 is 1.11 bits per heavy atom. The van der Waals surface area contributed by atoms with E-state index in [9.17, 15) is 10.2 Å². The van der Waals surface area contributed by atoms with E-state index in [1.54, 1.807) is 5.57 Å². The molecule has 0 amide bonds. The Bertz CT molecular complexity index is 621. The average molecular weight is 387 g/mol. The number of aliphatic hydroxyl groups excluding tert-OH is 1. The third-order valence-corrected chi connectivity index (χ3v) is 7.99. The molecule has 0 bridgehead atoms. The van der Waals surface area contributed by atoms with Crippen LogP contribution in [0.5, 0.6) is 0 Å². The Hall–Kier alpha value is -0.860. The molecule has 158 valence electrons.